The van der Waals surface area contributed by atoms with Crippen molar-refractivity contribution in [2.24, 2.45) is 0 Å². The Hall–Kier alpha value is -1.91. The van der Waals surface area contributed by atoms with E-state index in [0.717, 1.165) is 0 Å². The van der Waals surface area contributed by atoms with Crippen LogP contribution in [0.5, 0.6) is 0 Å². The first kappa shape index (κ1) is 29.3. The van der Waals surface area contributed by atoms with E-state index in [-0.39, 0.29) is 32.0 Å². The molecule has 0 aromatic heterocycles. The maximum absolute atomic E-state index is 12.0. The normalized spacial score (nSPS) is 12.6. The third-order valence-electron chi connectivity index (χ3n) is 5.11. The monoisotopic (exact) mass is 618 g/mol. The van der Waals surface area contributed by atoms with Crippen LogP contribution in [0.1, 0.15) is 58.2 Å². The van der Waals surface area contributed by atoms with Gasteiger partial charge in [-0.1, -0.05) is 65.8 Å². The maximum atomic E-state index is 12.0. The highest BCUT2D eigenvalue weighted by molar-refractivity contribution is 7.85. The van der Waals surface area contributed by atoms with E-state index in [9.17, 15) is 26.1 Å². The molecule has 35 heavy (non-hydrogen) atoms. The lowest BCUT2D eigenvalue weighted by Crippen LogP contribution is -3.61. The van der Waals surface area contributed by atoms with Crippen LogP contribution >= 0.6 is 0 Å². The summed E-state index contributed by atoms with van der Waals surface area (Å²) in [6.07, 6.45) is -4.54. The molecule has 0 amide bonds. The highest BCUT2D eigenvalue weighted by Gasteiger charge is 2.30. The summed E-state index contributed by atoms with van der Waals surface area (Å²) in [7, 11) is -4.68. The number of hydrogen-bond donors (Lipinski definition) is 0. The molecule has 0 bridgehead atoms. The summed E-state index contributed by atoms with van der Waals surface area (Å²) in [6, 6.07) is 20.8. The fourth-order valence-electron chi connectivity index (χ4n) is 2.96. The average Bonchev–Trinajstić information content (AvgIpc) is 2.73. The Morgan fingerprint density at radius 2 is 0.914 bits per heavy atom. The number of alkyl halides is 3. The molecule has 0 heterocycles. The molecule has 0 unspecified atom stereocenters. The van der Waals surface area contributed by atoms with E-state index in [0.29, 0.717) is 24.3 Å². The standard InChI is InChI=1S/C20H26I.C7H5F3O3S/c1-19(2,3)15-7-11-17(12-8-15)21-18-13-9-16(10-14-18)20(4,5)6;8-7(9,10)5-1-3-6(4-2-5)14(11,12)13/h7-14H,1-6H3;1-4H,(H,11,12,13)/q+1;/p-1. The summed E-state index contributed by atoms with van der Waals surface area (Å²) < 4.78 is 70.0. The minimum atomic E-state index is -4.68. The smallest absolute Gasteiger partial charge is 0.416 e. The number of halogens is 4. The molecule has 3 nitrogen and oxygen atoms in total. The molecule has 3 aromatic carbocycles. The second kappa shape index (κ2) is 11.0. The molecule has 0 N–H and O–H groups in total. The SMILES string of the molecule is CC(C)(C)c1ccc([I+]c2ccc(C(C)(C)C)cc2)cc1.O=S(=O)([O-])c1ccc(C(F)(F)F)cc1. The van der Waals surface area contributed by atoms with Gasteiger partial charge in [0.25, 0.3) is 0 Å². The van der Waals surface area contributed by atoms with E-state index in [1.54, 1.807) is 0 Å². The maximum Gasteiger partial charge on any atom is 0.416 e. The topological polar surface area (TPSA) is 57.2 Å². The lowest BCUT2D eigenvalue weighted by Gasteiger charge is -2.18. The van der Waals surface area contributed by atoms with Gasteiger partial charge in [-0.25, -0.2) is 8.42 Å². The van der Waals surface area contributed by atoms with Gasteiger partial charge in [0.15, 0.2) is 7.14 Å². The van der Waals surface area contributed by atoms with E-state index < -0.39 is 26.8 Å². The van der Waals surface area contributed by atoms with Crippen molar-refractivity contribution in [2.75, 3.05) is 0 Å². The summed E-state index contributed by atoms with van der Waals surface area (Å²) in [5.41, 5.74) is 2.32. The van der Waals surface area contributed by atoms with Gasteiger partial charge < -0.3 is 4.55 Å². The van der Waals surface area contributed by atoms with Gasteiger partial charge in [0.2, 0.25) is 0 Å². The lowest BCUT2D eigenvalue weighted by atomic mass is 9.87. The van der Waals surface area contributed by atoms with Crippen molar-refractivity contribution in [3.8, 4) is 0 Å². The van der Waals surface area contributed by atoms with Crippen LogP contribution in [0.3, 0.4) is 0 Å². The van der Waals surface area contributed by atoms with Crippen LogP contribution in [-0.2, 0) is 27.1 Å². The summed E-state index contributed by atoms with van der Waals surface area (Å²) in [5.74, 6) is 0. The molecule has 0 aliphatic heterocycles. The molecule has 0 aliphatic rings. The second-order valence-corrected chi connectivity index (χ2v) is 14.5. The van der Waals surface area contributed by atoms with E-state index in [1.165, 1.54) is 18.3 Å². The van der Waals surface area contributed by atoms with Crippen molar-refractivity contribution in [1.29, 1.82) is 0 Å². The van der Waals surface area contributed by atoms with Crippen molar-refractivity contribution < 1.29 is 47.3 Å². The van der Waals surface area contributed by atoms with Gasteiger partial charge in [-0.3, -0.25) is 0 Å². The summed E-state index contributed by atoms with van der Waals surface area (Å²) in [5, 5.41) is 0. The molecular formula is C27H30F3IO3S. The zero-order valence-corrected chi connectivity index (χ0v) is 23.5. The number of hydrogen-bond acceptors (Lipinski definition) is 3. The minimum absolute atomic E-state index is 0.0703. The molecular weight excluding hydrogens is 588 g/mol. The van der Waals surface area contributed by atoms with Gasteiger partial charge in [0, 0.05) is 0 Å². The molecule has 8 heteroatoms. The Labute approximate surface area is 216 Å². The van der Waals surface area contributed by atoms with Crippen LogP contribution < -0.4 is 21.2 Å². The molecule has 0 atom stereocenters. The van der Waals surface area contributed by atoms with E-state index >= 15 is 0 Å². The van der Waals surface area contributed by atoms with Crippen molar-refractivity contribution in [3.63, 3.8) is 0 Å². The van der Waals surface area contributed by atoms with Crippen molar-refractivity contribution in [1.82, 2.24) is 0 Å². The van der Waals surface area contributed by atoms with Crippen LogP contribution in [0.4, 0.5) is 13.2 Å². The van der Waals surface area contributed by atoms with Gasteiger partial charge in [0.05, 0.1) is 10.5 Å². The average molecular weight is 618 g/mol. The summed E-state index contributed by atoms with van der Waals surface area (Å²) in [6.45, 7) is 13.6. The first-order valence-corrected chi connectivity index (χ1v) is 14.4. The van der Waals surface area contributed by atoms with Crippen LogP contribution in [0.15, 0.2) is 77.7 Å². The number of rotatable bonds is 3. The van der Waals surface area contributed by atoms with Crippen molar-refractivity contribution >= 4 is 10.1 Å². The van der Waals surface area contributed by atoms with Gasteiger partial charge in [-0.05, 0) is 70.5 Å². The Morgan fingerprint density at radius 3 is 1.17 bits per heavy atom. The van der Waals surface area contributed by atoms with Crippen molar-refractivity contribution in [2.45, 2.75) is 63.4 Å². The molecule has 190 valence electrons. The highest BCUT2D eigenvalue weighted by atomic mass is 127. The Bertz CT molecular complexity index is 1150. The van der Waals surface area contributed by atoms with E-state index in [4.69, 9.17) is 0 Å². The predicted octanol–water partition coefficient (Wildman–Crippen LogP) is 4.02. The van der Waals surface area contributed by atoms with Gasteiger partial charge in [-0.15, -0.1) is 0 Å². The first-order valence-electron chi connectivity index (χ1n) is 10.9. The lowest BCUT2D eigenvalue weighted by molar-refractivity contribution is -0.597. The molecule has 0 spiro atoms. The highest BCUT2D eigenvalue weighted by Crippen LogP contribution is 2.29. The van der Waals surface area contributed by atoms with Crippen molar-refractivity contribution in [3.05, 3.63) is 96.6 Å². The molecule has 0 fully saturated rings. The molecule has 0 radical (unpaired) electrons. The predicted molar refractivity (Wildman–Crippen MR) is 127 cm³/mol. The zero-order chi connectivity index (χ0) is 26.7. The summed E-state index contributed by atoms with van der Waals surface area (Å²) >= 11 is -0.0703. The molecule has 0 saturated heterocycles. The zero-order valence-electron chi connectivity index (χ0n) is 20.6. The summed E-state index contributed by atoms with van der Waals surface area (Å²) in [4.78, 5) is -0.675. The third kappa shape index (κ3) is 9.24. The first-order chi connectivity index (χ1) is 15.9. The fraction of sp³-hybridized carbons (Fsp3) is 0.333. The molecule has 3 rings (SSSR count). The molecule has 0 saturated carbocycles. The minimum Gasteiger partial charge on any atom is -0.744 e. The van der Waals surface area contributed by atoms with Crippen LogP contribution in [0, 0.1) is 7.14 Å². The van der Waals surface area contributed by atoms with Gasteiger partial charge in [-0.2, -0.15) is 13.2 Å². The third-order valence-corrected chi connectivity index (χ3v) is 8.64. The Balaban J connectivity index is 0.000000269. The van der Waals surface area contributed by atoms with E-state index in [2.05, 4.69) is 90.1 Å². The van der Waals surface area contributed by atoms with Crippen LogP contribution in [0.2, 0.25) is 0 Å². The largest absolute Gasteiger partial charge is 0.744 e. The quantitative estimate of drug-likeness (QED) is 0.330. The Kier molecular flexibility index (Phi) is 9.22. The van der Waals surface area contributed by atoms with Gasteiger partial charge in [0.1, 0.15) is 10.1 Å². The number of benzene rings is 3. The van der Waals surface area contributed by atoms with Crippen LogP contribution in [0.25, 0.3) is 0 Å². The van der Waals surface area contributed by atoms with E-state index in [1.807, 2.05) is 0 Å². The molecule has 3 aromatic rings. The van der Waals surface area contributed by atoms with Crippen LogP contribution in [-0.4, -0.2) is 13.0 Å². The second-order valence-electron chi connectivity index (χ2n) is 10.1. The Morgan fingerprint density at radius 1 is 0.600 bits per heavy atom. The fourth-order valence-corrected chi connectivity index (χ4v) is 5.59. The molecule has 0 aliphatic carbocycles. The van der Waals surface area contributed by atoms with Gasteiger partial charge >= 0.3 is 27.4 Å².